The van der Waals surface area contributed by atoms with Crippen LogP contribution in [-0.2, 0) is 37.8 Å². The Kier molecular flexibility index (Phi) is 4.39. The first-order valence-corrected chi connectivity index (χ1v) is 10.4. The quantitative estimate of drug-likeness (QED) is 0.265. The molecule has 2 aliphatic rings. The minimum atomic E-state index is -1.72. The number of pyridine rings is 2. The van der Waals surface area contributed by atoms with Gasteiger partial charge in [0.25, 0.3) is 11.2 Å². The SMILES string of the molecule is CC[C@@]1(OC(C)=O)C(=O)OCc2c1cc1n(c2=O)Cc2cc3c([N+](=O)[O-])c(C)ccc3nc2-1. The highest BCUT2D eigenvalue weighted by atomic mass is 16.6. The Morgan fingerprint density at radius 2 is 2.09 bits per heavy atom. The fourth-order valence-corrected chi connectivity index (χ4v) is 4.79. The van der Waals surface area contributed by atoms with Gasteiger partial charge < -0.3 is 14.0 Å². The molecule has 0 unspecified atom stereocenters. The fraction of sp³-hybridized carbons (Fsp3) is 0.304. The summed E-state index contributed by atoms with van der Waals surface area (Å²) in [5, 5.41) is 12.0. The molecule has 10 nitrogen and oxygen atoms in total. The second-order valence-electron chi connectivity index (χ2n) is 8.21. The summed E-state index contributed by atoms with van der Waals surface area (Å²) < 4.78 is 12.2. The van der Waals surface area contributed by atoms with Crippen molar-refractivity contribution < 1.29 is 24.0 Å². The summed E-state index contributed by atoms with van der Waals surface area (Å²) in [5.41, 5.74) is 0.940. The summed E-state index contributed by atoms with van der Waals surface area (Å²) in [6, 6.07) is 6.67. The van der Waals surface area contributed by atoms with Crippen molar-refractivity contribution in [3.05, 3.63) is 67.0 Å². The summed E-state index contributed by atoms with van der Waals surface area (Å²) in [6.07, 6.45) is 0.0881. The Balaban J connectivity index is 1.79. The summed E-state index contributed by atoms with van der Waals surface area (Å²) in [6.45, 7) is 4.47. The van der Waals surface area contributed by atoms with Crippen LogP contribution in [-0.4, -0.2) is 26.4 Å². The van der Waals surface area contributed by atoms with Crippen LogP contribution in [0.2, 0.25) is 0 Å². The molecule has 0 N–H and O–H groups in total. The Morgan fingerprint density at radius 3 is 2.76 bits per heavy atom. The number of fused-ring (bicyclic) bond motifs is 5. The molecule has 168 valence electrons. The monoisotopic (exact) mass is 449 g/mol. The van der Waals surface area contributed by atoms with Crippen LogP contribution in [0.25, 0.3) is 22.3 Å². The van der Waals surface area contributed by atoms with Crippen molar-refractivity contribution in [3.63, 3.8) is 0 Å². The Labute approximate surface area is 186 Å². The molecule has 0 fully saturated rings. The molecule has 10 heteroatoms. The van der Waals surface area contributed by atoms with Gasteiger partial charge in [-0.1, -0.05) is 13.0 Å². The van der Waals surface area contributed by atoms with Gasteiger partial charge in [-0.25, -0.2) is 9.78 Å². The van der Waals surface area contributed by atoms with E-state index < -0.39 is 22.5 Å². The molecule has 0 aliphatic carbocycles. The number of aryl methyl sites for hydroxylation is 1. The molecule has 1 aromatic carbocycles. The van der Waals surface area contributed by atoms with Crippen molar-refractivity contribution in [3.8, 4) is 11.4 Å². The molecule has 3 aromatic rings. The van der Waals surface area contributed by atoms with Gasteiger partial charge in [0.15, 0.2) is 0 Å². The fourth-order valence-electron chi connectivity index (χ4n) is 4.79. The number of nitro benzene ring substituents is 1. The number of hydrogen-bond acceptors (Lipinski definition) is 8. The lowest BCUT2D eigenvalue weighted by atomic mass is 9.85. The standard InChI is InChI=1S/C23H19N3O7/c1-4-23(33-12(3)27)16-8-18-19-13(9-25(18)21(28)15(16)10-32-22(23)29)7-14-17(24-19)6-5-11(2)20(14)26(30)31/h5-8H,4,9-10H2,1-3H3/t23-/m0/s1. The highest BCUT2D eigenvalue weighted by Gasteiger charge is 2.50. The van der Waals surface area contributed by atoms with Gasteiger partial charge in [0.1, 0.15) is 6.61 Å². The maximum absolute atomic E-state index is 13.4. The Morgan fingerprint density at radius 1 is 1.33 bits per heavy atom. The molecule has 2 aliphatic heterocycles. The number of ether oxygens (including phenoxy) is 2. The van der Waals surface area contributed by atoms with E-state index in [1.807, 2.05) is 0 Å². The number of carbonyl (C=O) groups excluding carboxylic acids is 2. The van der Waals surface area contributed by atoms with E-state index in [2.05, 4.69) is 4.98 Å². The lowest BCUT2D eigenvalue weighted by molar-refractivity contribution is -0.383. The van der Waals surface area contributed by atoms with Crippen molar-refractivity contribution in [2.45, 2.75) is 45.9 Å². The topological polar surface area (TPSA) is 131 Å². The van der Waals surface area contributed by atoms with Gasteiger partial charge in [0.2, 0.25) is 5.60 Å². The van der Waals surface area contributed by atoms with E-state index in [9.17, 15) is 24.5 Å². The van der Waals surface area contributed by atoms with Crippen LogP contribution in [0.3, 0.4) is 0 Å². The molecule has 33 heavy (non-hydrogen) atoms. The summed E-state index contributed by atoms with van der Waals surface area (Å²) in [4.78, 5) is 53.8. The van der Waals surface area contributed by atoms with E-state index in [-0.39, 0.29) is 41.9 Å². The van der Waals surface area contributed by atoms with Gasteiger partial charge in [-0.3, -0.25) is 19.7 Å². The average Bonchev–Trinajstić information content (AvgIpc) is 3.12. The third kappa shape index (κ3) is 2.80. The van der Waals surface area contributed by atoms with Gasteiger partial charge in [0.05, 0.1) is 39.3 Å². The van der Waals surface area contributed by atoms with Crippen LogP contribution in [0.1, 0.15) is 42.5 Å². The van der Waals surface area contributed by atoms with Gasteiger partial charge in [-0.05, 0) is 31.5 Å². The molecule has 4 heterocycles. The van der Waals surface area contributed by atoms with Crippen LogP contribution in [0.15, 0.2) is 29.1 Å². The lowest BCUT2D eigenvalue weighted by Crippen LogP contribution is -2.47. The Hall–Kier alpha value is -4.08. The molecule has 0 spiro atoms. The largest absolute Gasteiger partial charge is 0.457 e. The summed E-state index contributed by atoms with van der Waals surface area (Å²) >= 11 is 0. The number of nitro groups is 1. The maximum atomic E-state index is 13.4. The zero-order chi connectivity index (χ0) is 23.7. The molecule has 5 rings (SSSR count). The zero-order valence-electron chi connectivity index (χ0n) is 18.1. The molecule has 1 atom stereocenters. The number of esters is 2. The van der Waals surface area contributed by atoms with Crippen LogP contribution < -0.4 is 5.56 Å². The molecule has 0 bridgehead atoms. The minimum absolute atomic E-state index is 0.0238. The summed E-state index contributed by atoms with van der Waals surface area (Å²) in [7, 11) is 0. The van der Waals surface area contributed by atoms with E-state index in [0.717, 1.165) is 0 Å². The maximum Gasteiger partial charge on any atom is 0.355 e. The predicted octanol–water partition coefficient (Wildman–Crippen LogP) is 2.87. The van der Waals surface area contributed by atoms with E-state index in [0.29, 0.717) is 33.4 Å². The first-order chi connectivity index (χ1) is 15.7. The highest BCUT2D eigenvalue weighted by molar-refractivity contribution is 5.93. The van der Waals surface area contributed by atoms with E-state index in [4.69, 9.17) is 9.47 Å². The lowest BCUT2D eigenvalue weighted by Gasteiger charge is -2.35. The second kappa shape index (κ2) is 6.96. The Bertz CT molecular complexity index is 1470. The molecule has 0 radical (unpaired) electrons. The van der Waals surface area contributed by atoms with Gasteiger partial charge >= 0.3 is 11.9 Å². The van der Waals surface area contributed by atoms with E-state index >= 15 is 0 Å². The van der Waals surface area contributed by atoms with Crippen molar-refractivity contribution >= 4 is 28.5 Å². The number of aromatic nitrogens is 2. The highest BCUT2D eigenvalue weighted by Crippen LogP contribution is 2.41. The van der Waals surface area contributed by atoms with Crippen LogP contribution in [0.4, 0.5) is 5.69 Å². The number of rotatable bonds is 3. The molecule has 0 saturated heterocycles. The normalized spacial score (nSPS) is 18.3. The van der Waals surface area contributed by atoms with Crippen LogP contribution in [0, 0.1) is 17.0 Å². The van der Waals surface area contributed by atoms with Gasteiger partial charge in [-0.2, -0.15) is 0 Å². The van der Waals surface area contributed by atoms with Crippen molar-refractivity contribution in [2.75, 3.05) is 0 Å². The minimum Gasteiger partial charge on any atom is -0.457 e. The van der Waals surface area contributed by atoms with Crippen LogP contribution in [0.5, 0.6) is 0 Å². The van der Waals surface area contributed by atoms with Gasteiger partial charge in [0, 0.05) is 23.6 Å². The predicted molar refractivity (Wildman–Crippen MR) is 115 cm³/mol. The number of carbonyl (C=O) groups is 2. The molecule has 2 aromatic heterocycles. The van der Waals surface area contributed by atoms with Crippen molar-refractivity contribution in [2.24, 2.45) is 0 Å². The average molecular weight is 449 g/mol. The summed E-state index contributed by atoms with van der Waals surface area (Å²) in [5.74, 6) is -1.40. The molecular formula is C23H19N3O7. The third-order valence-electron chi connectivity index (χ3n) is 6.33. The van der Waals surface area contributed by atoms with Crippen molar-refractivity contribution in [1.29, 1.82) is 0 Å². The van der Waals surface area contributed by atoms with E-state index in [1.165, 1.54) is 11.5 Å². The number of cyclic esters (lactones) is 1. The van der Waals surface area contributed by atoms with E-state index in [1.54, 1.807) is 38.1 Å². The first-order valence-electron chi connectivity index (χ1n) is 10.4. The second-order valence-corrected chi connectivity index (χ2v) is 8.21. The molecule has 0 amide bonds. The van der Waals surface area contributed by atoms with Crippen molar-refractivity contribution in [1.82, 2.24) is 9.55 Å². The van der Waals surface area contributed by atoms with Crippen LogP contribution >= 0.6 is 0 Å². The number of nitrogens with zero attached hydrogens (tertiary/aromatic N) is 3. The number of hydrogen-bond donors (Lipinski definition) is 0. The smallest absolute Gasteiger partial charge is 0.355 e. The molecular weight excluding hydrogens is 430 g/mol. The van der Waals surface area contributed by atoms with Gasteiger partial charge in [-0.15, -0.1) is 0 Å². The third-order valence-corrected chi connectivity index (χ3v) is 6.33. The first kappa shape index (κ1) is 20.8. The number of benzene rings is 1. The zero-order valence-corrected chi connectivity index (χ0v) is 18.1. The molecule has 0 saturated carbocycles.